The Balaban J connectivity index is 1.98. The summed E-state index contributed by atoms with van der Waals surface area (Å²) in [5, 5.41) is 5.76. The van der Waals surface area contributed by atoms with Gasteiger partial charge in [0.25, 0.3) is 0 Å². The second-order valence-corrected chi connectivity index (χ2v) is 5.62. The van der Waals surface area contributed by atoms with Gasteiger partial charge in [-0.25, -0.2) is 4.98 Å². The van der Waals surface area contributed by atoms with Crippen molar-refractivity contribution in [2.24, 2.45) is 0 Å². The first-order chi connectivity index (χ1) is 12.9. The lowest BCUT2D eigenvalue weighted by Crippen LogP contribution is -2.08. The number of methoxy groups -OCH3 is 1. The van der Waals surface area contributed by atoms with Gasteiger partial charge in [0.15, 0.2) is 0 Å². The van der Waals surface area contributed by atoms with Gasteiger partial charge in [0.1, 0.15) is 11.6 Å². The number of nitrogens with zero attached hydrogens (tertiary/aromatic N) is 2. The minimum Gasteiger partial charge on any atom is -0.496 e. The van der Waals surface area contributed by atoms with E-state index in [4.69, 9.17) is 4.74 Å². The summed E-state index contributed by atoms with van der Waals surface area (Å²) in [6.07, 6.45) is -4.53. The van der Waals surface area contributed by atoms with Crippen LogP contribution in [0.5, 0.6) is 5.75 Å². The van der Waals surface area contributed by atoms with Gasteiger partial charge in [0.2, 0.25) is 5.95 Å². The molecule has 2 aromatic carbocycles. The predicted octanol–water partition coefficient (Wildman–Crippen LogP) is 4.96. The second kappa shape index (κ2) is 7.53. The second-order valence-electron chi connectivity index (χ2n) is 5.62. The van der Waals surface area contributed by atoms with Gasteiger partial charge in [-0.1, -0.05) is 30.3 Å². The Bertz CT molecular complexity index is 930. The van der Waals surface area contributed by atoms with Gasteiger partial charge in [0, 0.05) is 24.4 Å². The Hall–Kier alpha value is -3.29. The maximum atomic E-state index is 13.2. The van der Waals surface area contributed by atoms with Crippen molar-refractivity contribution < 1.29 is 17.9 Å². The van der Waals surface area contributed by atoms with E-state index in [0.717, 1.165) is 11.6 Å². The average molecular weight is 374 g/mol. The molecule has 0 amide bonds. The molecule has 140 valence electrons. The van der Waals surface area contributed by atoms with E-state index in [-0.39, 0.29) is 11.4 Å². The molecule has 8 heteroatoms. The Morgan fingerprint density at radius 1 is 0.963 bits per heavy atom. The highest BCUT2D eigenvalue weighted by Crippen LogP contribution is 2.38. The van der Waals surface area contributed by atoms with Gasteiger partial charge in [-0.05, 0) is 18.2 Å². The summed E-state index contributed by atoms with van der Waals surface area (Å²) >= 11 is 0. The first-order valence-corrected chi connectivity index (χ1v) is 8.05. The van der Waals surface area contributed by atoms with E-state index in [1.165, 1.54) is 19.2 Å². The molecule has 0 spiro atoms. The predicted molar refractivity (Wildman–Crippen MR) is 98.3 cm³/mol. The minimum absolute atomic E-state index is 0.239. The number of nitrogens with one attached hydrogen (secondary N) is 2. The van der Waals surface area contributed by atoms with Crippen molar-refractivity contribution in [3.05, 3.63) is 60.2 Å². The molecular formula is C19H17F3N4O. The van der Waals surface area contributed by atoms with Crippen LogP contribution in [0.15, 0.2) is 54.6 Å². The summed E-state index contributed by atoms with van der Waals surface area (Å²) in [4.78, 5) is 8.65. The highest BCUT2D eigenvalue weighted by atomic mass is 19.4. The van der Waals surface area contributed by atoms with Gasteiger partial charge in [-0.3, -0.25) is 0 Å². The molecule has 0 radical (unpaired) electrons. The van der Waals surface area contributed by atoms with Crippen LogP contribution in [-0.4, -0.2) is 24.1 Å². The molecule has 1 aromatic heterocycles. The van der Waals surface area contributed by atoms with Crippen LogP contribution in [-0.2, 0) is 6.18 Å². The largest absolute Gasteiger partial charge is 0.496 e. The lowest BCUT2D eigenvalue weighted by molar-refractivity contribution is -0.138. The number of rotatable bonds is 5. The molecule has 0 fully saturated rings. The zero-order valence-electron chi connectivity index (χ0n) is 14.6. The van der Waals surface area contributed by atoms with E-state index in [0.29, 0.717) is 17.5 Å². The molecule has 0 atom stereocenters. The Kier molecular flexibility index (Phi) is 5.16. The third-order valence-electron chi connectivity index (χ3n) is 3.80. The first kappa shape index (κ1) is 18.5. The molecule has 0 aliphatic rings. The number of hydrogen-bond acceptors (Lipinski definition) is 5. The van der Waals surface area contributed by atoms with E-state index in [2.05, 4.69) is 20.6 Å². The molecule has 0 bridgehead atoms. The fourth-order valence-electron chi connectivity index (χ4n) is 2.54. The summed E-state index contributed by atoms with van der Waals surface area (Å²) in [5.41, 5.74) is 0.885. The third kappa shape index (κ3) is 4.28. The SMILES string of the molecule is CNc1nc(Nc2ccc(OC)c(C(F)(F)F)c2)cc(-c2ccccc2)n1. The molecule has 5 nitrogen and oxygen atoms in total. The van der Waals surface area contributed by atoms with Crippen LogP contribution in [0.25, 0.3) is 11.3 Å². The Morgan fingerprint density at radius 3 is 2.33 bits per heavy atom. The summed E-state index contributed by atoms with van der Waals surface area (Å²) in [7, 11) is 2.87. The van der Waals surface area contributed by atoms with Crippen LogP contribution in [0.2, 0.25) is 0 Å². The van der Waals surface area contributed by atoms with E-state index in [1.807, 2.05) is 30.3 Å². The van der Waals surface area contributed by atoms with Gasteiger partial charge in [0.05, 0.1) is 18.4 Å². The molecule has 0 saturated carbocycles. The lowest BCUT2D eigenvalue weighted by atomic mass is 10.1. The molecule has 27 heavy (non-hydrogen) atoms. The number of hydrogen-bond donors (Lipinski definition) is 2. The minimum atomic E-state index is -4.53. The maximum absolute atomic E-state index is 13.2. The highest BCUT2D eigenvalue weighted by Gasteiger charge is 2.34. The molecule has 0 unspecified atom stereocenters. The van der Waals surface area contributed by atoms with Gasteiger partial charge in [-0.2, -0.15) is 18.2 Å². The zero-order valence-corrected chi connectivity index (χ0v) is 14.6. The number of benzene rings is 2. The summed E-state index contributed by atoms with van der Waals surface area (Å²) in [6.45, 7) is 0. The number of alkyl halides is 3. The zero-order chi connectivity index (χ0) is 19.4. The Morgan fingerprint density at radius 2 is 1.70 bits per heavy atom. The molecular weight excluding hydrogens is 357 g/mol. The van der Waals surface area contributed by atoms with Crippen molar-refractivity contribution in [1.82, 2.24) is 9.97 Å². The summed E-state index contributed by atoms with van der Waals surface area (Å²) in [6, 6.07) is 14.8. The van der Waals surface area contributed by atoms with Gasteiger partial charge >= 0.3 is 6.18 Å². The van der Waals surface area contributed by atoms with Crippen molar-refractivity contribution in [3.63, 3.8) is 0 Å². The molecule has 0 saturated heterocycles. The molecule has 0 aliphatic carbocycles. The molecule has 2 N–H and O–H groups in total. The smallest absolute Gasteiger partial charge is 0.420 e. The fraction of sp³-hybridized carbons (Fsp3) is 0.158. The van der Waals surface area contributed by atoms with Crippen LogP contribution in [0, 0.1) is 0 Å². The number of anilines is 3. The van der Waals surface area contributed by atoms with Crippen LogP contribution in [0.4, 0.5) is 30.6 Å². The van der Waals surface area contributed by atoms with Crippen molar-refractivity contribution in [3.8, 4) is 17.0 Å². The van der Waals surface area contributed by atoms with Crippen molar-refractivity contribution in [2.75, 3.05) is 24.8 Å². The summed E-state index contributed by atoms with van der Waals surface area (Å²) < 4.78 is 44.5. The van der Waals surface area contributed by atoms with Gasteiger partial charge in [-0.15, -0.1) is 0 Å². The topological polar surface area (TPSA) is 59.1 Å². The average Bonchev–Trinajstić information content (AvgIpc) is 2.67. The molecule has 0 aliphatic heterocycles. The number of aromatic nitrogens is 2. The first-order valence-electron chi connectivity index (χ1n) is 8.05. The van der Waals surface area contributed by atoms with E-state index >= 15 is 0 Å². The summed E-state index contributed by atoms with van der Waals surface area (Å²) in [5.74, 6) is 0.478. The maximum Gasteiger partial charge on any atom is 0.420 e. The van der Waals surface area contributed by atoms with Crippen LogP contribution in [0.3, 0.4) is 0 Å². The normalized spacial score (nSPS) is 11.1. The van der Waals surface area contributed by atoms with Crippen molar-refractivity contribution in [2.45, 2.75) is 6.18 Å². The Labute approximate surface area is 154 Å². The molecule has 1 heterocycles. The third-order valence-corrected chi connectivity index (χ3v) is 3.80. The van der Waals surface area contributed by atoms with Crippen molar-refractivity contribution in [1.29, 1.82) is 0 Å². The van der Waals surface area contributed by atoms with Crippen LogP contribution in [0.1, 0.15) is 5.56 Å². The number of ether oxygens (including phenoxy) is 1. The van der Waals surface area contributed by atoms with Crippen LogP contribution < -0.4 is 15.4 Å². The van der Waals surface area contributed by atoms with E-state index < -0.39 is 11.7 Å². The molecule has 3 aromatic rings. The van der Waals surface area contributed by atoms with Crippen LogP contribution >= 0.6 is 0 Å². The lowest BCUT2D eigenvalue weighted by Gasteiger charge is -2.15. The van der Waals surface area contributed by atoms with Gasteiger partial charge < -0.3 is 15.4 Å². The number of halogens is 3. The quantitative estimate of drug-likeness (QED) is 0.661. The molecule has 3 rings (SSSR count). The monoisotopic (exact) mass is 374 g/mol. The highest BCUT2D eigenvalue weighted by molar-refractivity contribution is 5.68. The fourth-order valence-corrected chi connectivity index (χ4v) is 2.54. The van der Waals surface area contributed by atoms with E-state index in [1.54, 1.807) is 13.1 Å². The van der Waals surface area contributed by atoms with E-state index in [9.17, 15) is 13.2 Å². The van der Waals surface area contributed by atoms with Crippen molar-refractivity contribution >= 4 is 17.5 Å². The standard InChI is InChI=1S/C19H17F3N4O/c1-23-18-25-15(12-6-4-3-5-7-12)11-17(26-18)24-13-8-9-16(27-2)14(10-13)19(20,21)22/h3-11H,1-2H3,(H2,23,24,25,26).